The quantitative estimate of drug-likeness (QED) is 0.772. The van der Waals surface area contributed by atoms with Crippen LogP contribution in [0.15, 0.2) is 40.9 Å². The van der Waals surface area contributed by atoms with E-state index in [2.05, 4.69) is 71.5 Å². The molecular weight excluding hydrogens is 318 g/mol. The highest BCUT2D eigenvalue weighted by atomic mass is 79.9. The van der Waals surface area contributed by atoms with Gasteiger partial charge < -0.3 is 5.32 Å². The van der Waals surface area contributed by atoms with Crippen LogP contribution >= 0.6 is 27.3 Å². The van der Waals surface area contributed by atoms with Crippen LogP contribution in [-0.4, -0.2) is 6.54 Å². The maximum Gasteiger partial charge on any atom is 0.0456 e. The van der Waals surface area contributed by atoms with E-state index >= 15 is 0 Å². The van der Waals surface area contributed by atoms with Crippen molar-refractivity contribution in [1.29, 1.82) is 0 Å². The van der Waals surface area contributed by atoms with Crippen molar-refractivity contribution in [2.24, 2.45) is 0 Å². The maximum atomic E-state index is 3.66. The molecule has 0 bridgehead atoms. The number of hydrogen-bond donors (Lipinski definition) is 1. The molecule has 0 saturated carbocycles. The van der Waals surface area contributed by atoms with Crippen molar-refractivity contribution in [2.75, 3.05) is 6.54 Å². The van der Waals surface area contributed by atoms with Crippen LogP contribution in [0.4, 0.5) is 0 Å². The monoisotopic (exact) mass is 337 g/mol. The maximum absolute atomic E-state index is 3.66. The van der Waals surface area contributed by atoms with E-state index < -0.39 is 0 Å². The first-order valence-corrected chi connectivity index (χ1v) is 8.34. The number of rotatable bonds is 6. The summed E-state index contributed by atoms with van der Waals surface area (Å²) in [6, 6.07) is 13.4. The molecule has 0 aliphatic rings. The molecule has 0 aliphatic heterocycles. The van der Waals surface area contributed by atoms with Crippen LogP contribution in [0, 0.1) is 6.92 Å². The highest BCUT2D eigenvalue weighted by Gasteiger charge is 2.15. The summed E-state index contributed by atoms with van der Waals surface area (Å²) in [5, 5.41) is 3.66. The summed E-state index contributed by atoms with van der Waals surface area (Å²) in [7, 11) is 0. The van der Waals surface area contributed by atoms with Crippen molar-refractivity contribution in [3.63, 3.8) is 0 Å². The normalized spacial score (nSPS) is 12.6. The van der Waals surface area contributed by atoms with Gasteiger partial charge in [0.2, 0.25) is 0 Å². The summed E-state index contributed by atoms with van der Waals surface area (Å²) in [6.07, 6.45) is 2.21. The molecule has 0 spiro atoms. The van der Waals surface area contributed by atoms with Gasteiger partial charge in [0.05, 0.1) is 0 Å². The first kappa shape index (κ1) is 14.8. The molecule has 19 heavy (non-hydrogen) atoms. The van der Waals surface area contributed by atoms with Gasteiger partial charge in [-0.1, -0.05) is 37.3 Å². The van der Waals surface area contributed by atoms with Crippen molar-refractivity contribution in [3.05, 3.63) is 56.2 Å². The Morgan fingerprint density at radius 3 is 2.58 bits per heavy atom. The van der Waals surface area contributed by atoms with Gasteiger partial charge in [-0.3, -0.25) is 0 Å². The number of benzene rings is 1. The van der Waals surface area contributed by atoms with E-state index in [1.807, 2.05) is 11.3 Å². The van der Waals surface area contributed by atoms with E-state index in [1.54, 1.807) is 0 Å². The highest BCUT2D eigenvalue weighted by molar-refractivity contribution is 9.10. The molecule has 0 radical (unpaired) electrons. The Morgan fingerprint density at radius 1 is 1.26 bits per heavy atom. The fraction of sp³-hybridized carbons (Fsp3) is 0.375. The molecule has 1 atom stereocenters. The molecule has 1 aromatic carbocycles. The summed E-state index contributed by atoms with van der Waals surface area (Å²) in [4.78, 5) is 2.77. The Labute approximate surface area is 128 Å². The second-order valence-corrected chi connectivity index (χ2v) is 6.89. The lowest BCUT2D eigenvalue weighted by atomic mass is 10.0. The molecule has 2 rings (SSSR count). The summed E-state index contributed by atoms with van der Waals surface area (Å²) < 4.78 is 1.23. The van der Waals surface area contributed by atoms with Crippen LogP contribution < -0.4 is 5.32 Å². The number of halogens is 1. The zero-order valence-electron chi connectivity index (χ0n) is 11.4. The predicted molar refractivity (Wildman–Crippen MR) is 87.9 cm³/mol. The van der Waals surface area contributed by atoms with Gasteiger partial charge in [-0.05, 0) is 53.9 Å². The third-order valence-electron chi connectivity index (χ3n) is 3.14. The fourth-order valence-corrected chi connectivity index (χ4v) is 3.73. The minimum atomic E-state index is 0.414. The second kappa shape index (κ2) is 7.22. The van der Waals surface area contributed by atoms with Crippen molar-refractivity contribution >= 4 is 27.3 Å². The molecule has 102 valence electrons. The van der Waals surface area contributed by atoms with Crippen molar-refractivity contribution < 1.29 is 0 Å². The van der Waals surface area contributed by atoms with Crippen LogP contribution in [0.2, 0.25) is 0 Å². The predicted octanol–water partition coefficient (Wildman–Crippen LogP) is 5.10. The van der Waals surface area contributed by atoms with Gasteiger partial charge in [0.15, 0.2) is 0 Å². The average molecular weight is 338 g/mol. The smallest absolute Gasteiger partial charge is 0.0456 e. The number of nitrogens with one attached hydrogen (secondary N) is 1. The van der Waals surface area contributed by atoms with E-state index in [0.717, 1.165) is 19.4 Å². The van der Waals surface area contributed by atoms with Crippen LogP contribution in [-0.2, 0) is 6.42 Å². The molecule has 0 fully saturated rings. The van der Waals surface area contributed by atoms with Gasteiger partial charge in [0, 0.05) is 20.3 Å². The van der Waals surface area contributed by atoms with Gasteiger partial charge >= 0.3 is 0 Å². The summed E-state index contributed by atoms with van der Waals surface area (Å²) in [5.74, 6) is 0. The van der Waals surface area contributed by atoms with Gasteiger partial charge in [-0.15, -0.1) is 11.3 Å². The molecule has 1 aromatic heterocycles. The topological polar surface area (TPSA) is 12.0 Å². The molecule has 0 aliphatic carbocycles. The van der Waals surface area contributed by atoms with Gasteiger partial charge in [-0.2, -0.15) is 0 Å². The van der Waals surface area contributed by atoms with Crippen molar-refractivity contribution in [3.8, 4) is 0 Å². The zero-order chi connectivity index (χ0) is 13.7. The van der Waals surface area contributed by atoms with Gasteiger partial charge in [0.25, 0.3) is 0 Å². The Kier molecular flexibility index (Phi) is 5.61. The number of aryl methyl sites for hydroxylation is 1. The van der Waals surface area contributed by atoms with Crippen molar-refractivity contribution in [1.82, 2.24) is 5.32 Å². The number of thiophene rings is 1. The van der Waals surface area contributed by atoms with E-state index in [4.69, 9.17) is 0 Å². The fourth-order valence-electron chi connectivity index (χ4n) is 2.09. The molecular formula is C16H20BrNS. The first-order valence-electron chi connectivity index (χ1n) is 6.74. The first-order chi connectivity index (χ1) is 9.20. The lowest BCUT2D eigenvalue weighted by Crippen LogP contribution is -2.23. The molecule has 2 aromatic rings. The van der Waals surface area contributed by atoms with E-state index in [0.29, 0.717) is 6.04 Å². The van der Waals surface area contributed by atoms with Crippen molar-refractivity contribution in [2.45, 2.75) is 32.7 Å². The Bertz CT molecular complexity index is 487. The third-order valence-corrected chi connectivity index (χ3v) is 5.39. The summed E-state index contributed by atoms with van der Waals surface area (Å²) >= 11 is 5.50. The van der Waals surface area contributed by atoms with Crippen LogP contribution in [0.3, 0.4) is 0 Å². The SMILES string of the molecule is CCCNC(Cc1ccccc1)c1cc(Br)c(C)s1. The summed E-state index contributed by atoms with van der Waals surface area (Å²) in [6.45, 7) is 5.44. The highest BCUT2D eigenvalue weighted by Crippen LogP contribution is 2.32. The number of hydrogen-bond acceptors (Lipinski definition) is 2. The largest absolute Gasteiger partial charge is 0.309 e. The molecule has 1 N–H and O–H groups in total. The Morgan fingerprint density at radius 2 is 2.00 bits per heavy atom. The molecule has 1 heterocycles. The van der Waals surface area contributed by atoms with Crippen LogP contribution in [0.25, 0.3) is 0 Å². The van der Waals surface area contributed by atoms with Gasteiger partial charge in [0.1, 0.15) is 0 Å². The molecule has 1 unspecified atom stereocenters. The van der Waals surface area contributed by atoms with Gasteiger partial charge in [-0.25, -0.2) is 0 Å². The molecule has 1 nitrogen and oxygen atoms in total. The Hall–Kier alpha value is -0.640. The Balaban J connectivity index is 2.15. The summed E-state index contributed by atoms with van der Waals surface area (Å²) in [5.41, 5.74) is 1.39. The molecule has 0 saturated heterocycles. The lowest BCUT2D eigenvalue weighted by molar-refractivity contribution is 0.536. The van der Waals surface area contributed by atoms with Crippen LogP contribution in [0.1, 0.15) is 34.7 Å². The molecule has 0 amide bonds. The zero-order valence-corrected chi connectivity index (χ0v) is 13.9. The van der Waals surface area contributed by atoms with E-state index in [-0.39, 0.29) is 0 Å². The third kappa shape index (κ3) is 4.16. The van der Waals surface area contributed by atoms with E-state index in [9.17, 15) is 0 Å². The average Bonchev–Trinajstić information content (AvgIpc) is 2.76. The van der Waals surface area contributed by atoms with Crippen LogP contribution in [0.5, 0.6) is 0 Å². The molecule has 3 heteroatoms. The minimum absolute atomic E-state index is 0.414. The lowest BCUT2D eigenvalue weighted by Gasteiger charge is -2.17. The standard InChI is InChI=1S/C16H20BrNS/c1-3-9-18-15(10-13-7-5-4-6-8-13)16-11-14(17)12(2)19-16/h4-8,11,15,18H,3,9-10H2,1-2H3. The second-order valence-electron chi connectivity index (χ2n) is 4.75. The van der Waals surface area contributed by atoms with E-state index in [1.165, 1.54) is 19.8 Å². The minimum Gasteiger partial charge on any atom is -0.309 e.